The minimum absolute atomic E-state index is 0.0245. The topological polar surface area (TPSA) is 59.3 Å². The van der Waals surface area contributed by atoms with Gasteiger partial charge in [0.15, 0.2) is 0 Å². The van der Waals surface area contributed by atoms with E-state index in [-0.39, 0.29) is 5.69 Å². The Morgan fingerprint density at radius 3 is 2.04 bits per heavy atom. The second-order valence-corrected chi connectivity index (χ2v) is 4.82. The van der Waals surface area contributed by atoms with Gasteiger partial charge in [-0.3, -0.25) is 9.36 Å². The van der Waals surface area contributed by atoms with E-state index in [9.17, 15) is 22.8 Å². The zero-order chi connectivity index (χ0) is 20.7. The first-order chi connectivity index (χ1) is 12.1. The van der Waals surface area contributed by atoms with Crippen molar-refractivity contribution in [1.29, 1.82) is 0 Å². The molecule has 0 saturated heterocycles. The van der Waals surface area contributed by atoms with Gasteiger partial charge < -0.3 is 5.11 Å². The highest BCUT2D eigenvalue weighted by atomic mass is 19.4. The van der Waals surface area contributed by atoms with Crippen LogP contribution in [0.25, 0.3) is 5.69 Å². The lowest BCUT2D eigenvalue weighted by Crippen LogP contribution is -2.27. The largest absolute Gasteiger partial charge is 0.477 e. The molecular formula is C19H24F3NO3. The Morgan fingerprint density at radius 2 is 1.58 bits per heavy atom. The summed E-state index contributed by atoms with van der Waals surface area (Å²) in [6, 6.07) is 5.42. The van der Waals surface area contributed by atoms with Crippen molar-refractivity contribution in [2.75, 3.05) is 0 Å². The van der Waals surface area contributed by atoms with Gasteiger partial charge in [0.25, 0.3) is 5.56 Å². The molecule has 1 heterocycles. The first kappa shape index (κ1) is 23.4. The van der Waals surface area contributed by atoms with Gasteiger partial charge >= 0.3 is 12.1 Å². The summed E-state index contributed by atoms with van der Waals surface area (Å²) in [5.74, 6) is -1.42. The van der Waals surface area contributed by atoms with Crippen LogP contribution in [0, 0.1) is 13.8 Å². The van der Waals surface area contributed by atoms with Crippen molar-refractivity contribution in [3.63, 3.8) is 0 Å². The molecule has 0 bridgehead atoms. The van der Waals surface area contributed by atoms with Gasteiger partial charge in [-0.25, -0.2) is 4.79 Å². The van der Waals surface area contributed by atoms with Crippen molar-refractivity contribution in [3.8, 4) is 5.69 Å². The Balaban J connectivity index is 0.00000146. The van der Waals surface area contributed by atoms with Gasteiger partial charge in [-0.15, -0.1) is 0 Å². The molecule has 2 aromatic rings. The number of alkyl halides is 3. The van der Waals surface area contributed by atoms with Gasteiger partial charge in [-0.1, -0.05) is 33.8 Å². The van der Waals surface area contributed by atoms with Crippen LogP contribution in [0.5, 0.6) is 0 Å². The van der Waals surface area contributed by atoms with E-state index in [0.717, 1.165) is 16.7 Å². The molecule has 2 rings (SSSR count). The summed E-state index contributed by atoms with van der Waals surface area (Å²) in [6.07, 6.45) is -4.55. The van der Waals surface area contributed by atoms with Gasteiger partial charge in [0, 0.05) is 11.4 Å². The van der Waals surface area contributed by atoms with Crippen LogP contribution in [0.2, 0.25) is 0 Å². The standard InChI is InChI=1S/C15H12F3NO3.2C2H6/c1-8-6-12(14(21)22)13(20)19(9(8)2)11-5-3-4-10(7-11)15(16,17)18;2*1-2/h3-7H,1-2H3,(H,21,22);2*1-2H3. The molecule has 0 saturated carbocycles. The first-order valence-electron chi connectivity index (χ1n) is 8.27. The van der Waals surface area contributed by atoms with E-state index in [1.165, 1.54) is 18.2 Å². The molecule has 1 aromatic heterocycles. The number of carboxylic acids is 1. The monoisotopic (exact) mass is 371 g/mol. The number of hydrogen-bond acceptors (Lipinski definition) is 2. The Bertz CT molecular complexity index is 809. The minimum atomic E-state index is -4.55. The third-order valence-corrected chi connectivity index (χ3v) is 3.36. The molecule has 0 amide bonds. The normalized spacial score (nSPS) is 10.2. The number of benzene rings is 1. The molecule has 7 heteroatoms. The minimum Gasteiger partial charge on any atom is -0.477 e. The average Bonchev–Trinajstić information content (AvgIpc) is 2.61. The predicted molar refractivity (Wildman–Crippen MR) is 96.2 cm³/mol. The highest BCUT2D eigenvalue weighted by molar-refractivity contribution is 5.87. The second-order valence-electron chi connectivity index (χ2n) is 4.82. The van der Waals surface area contributed by atoms with Crippen LogP contribution in [-0.2, 0) is 6.18 Å². The molecule has 0 fully saturated rings. The number of rotatable bonds is 2. The number of carbonyl (C=O) groups is 1. The van der Waals surface area contributed by atoms with Crippen LogP contribution in [0.3, 0.4) is 0 Å². The molecule has 0 aliphatic carbocycles. The Hall–Kier alpha value is -2.57. The molecule has 4 nitrogen and oxygen atoms in total. The lowest BCUT2D eigenvalue weighted by molar-refractivity contribution is -0.137. The highest BCUT2D eigenvalue weighted by Crippen LogP contribution is 2.30. The van der Waals surface area contributed by atoms with Crippen LogP contribution in [-0.4, -0.2) is 15.6 Å². The third-order valence-electron chi connectivity index (χ3n) is 3.36. The number of carboxylic acid groups (broad SMARTS) is 1. The maximum absolute atomic E-state index is 12.8. The molecule has 26 heavy (non-hydrogen) atoms. The molecule has 0 spiro atoms. The maximum atomic E-state index is 12.8. The number of halogens is 3. The summed E-state index contributed by atoms with van der Waals surface area (Å²) in [5.41, 5.74) is -1.41. The fourth-order valence-corrected chi connectivity index (χ4v) is 2.12. The second kappa shape index (κ2) is 9.79. The van der Waals surface area contributed by atoms with Crippen molar-refractivity contribution >= 4 is 5.97 Å². The zero-order valence-electron chi connectivity index (χ0n) is 15.7. The number of aromatic carboxylic acids is 1. The first-order valence-corrected chi connectivity index (χ1v) is 8.27. The predicted octanol–water partition coefficient (Wildman–Crippen LogP) is 5.22. The molecule has 0 radical (unpaired) electrons. The molecular weight excluding hydrogens is 347 g/mol. The zero-order valence-corrected chi connectivity index (χ0v) is 15.7. The van der Waals surface area contributed by atoms with Crippen LogP contribution in [0.15, 0.2) is 35.1 Å². The van der Waals surface area contributed by atoms with Gasteiger partial charge in [-0.2, -0.15) is 13.2 Å². The Labute approximate surface area is 150 Å². The van der Waals surface area contributed by atoms with Gasteiger partial charge in [0.2, 0.25) is 0 Å². The van der Waals surface area contributed by atoms with Gasteiger partial charge in [0.1, 0.15) is 5.56 Å². The van der Waals surface area contributed by atoms with E-state index in [1.807, 2.05) is 27.7 Å². The molecule has 1 aromatic carbocycles. The Morgan fingerprint density at radius 1 is 1.04 bits per heavy atom. The maximum Gasteiger partial charge on any atom is 0.416 e. The number of hydrogen-bond donors (Lipinski definition) is 1. The smallest absolute Gasteiger partial charge is 0.416 e. The summed E-state index contributed by atoms with van der Waals surface area (Å²) >= 11 is 0. The highest BCUT2D eigenvalue weighted by Gasteiger charge is 2.30. The van der Waals surface area contributed by atoms with E-state index in [4.69, 9.17) is 5.11 Å². The summed E-state index contributed by atoms with van der Waals surface area (Å²) < 4.78 is 39.4. The van der Waals surface area contributed by atoms with E-state index in [1.54, 1.807) is 13.8 Å². The summed E-state index contributed by atoms with van der Waals surface area (Å²) in [6.45, 7) is 11.1. The van der Waals surface area contributed by atoms with Crippen LogP contribution >= 0.6 is 0 Å². The molecule has 0 atom stereocenters. The fourth-order valence-electron chi connectivity index (χ4n) is 2.12. The van der Waals surface area contributed by atoms with Crippen molar-refractivity contribution in [2.24, 2.45) is 0 Å². The lowest BCUT2D eigenvalue weighted by atomic mass is 10.1. The van der Waals surface area contributed by atoms with E-state index < -0.39 is 28.8 Å². The number of nitrogens with zero attached hydrogens (tertiary/aromatic N) is 1. The van der Waals surface area contributed by atoms with Crippen molar-refractivity contribution in [1.82, 2.24) is 4.57 Å². The van der Waals surface area contributed by atoms with Gasteiger partial charge in [-0.05, 0) is 43.7 Å². The van der Waals surface area contributed by atoms with Crippen molar-refractivity contribution in [3.05, 3.63) is 63.1 Å². The third kappa shape index (κ3) is 5.21. The van der Waals surface area contributed by atoms with Crippen molar-refractivity contribution < 1.29 is 23.1 Å². The molecule has 1 N–H and O–H groups in total. The number of aryl methyl sites for hydroxylation is 1. The summed E-state index contributed by atoms with van der Waals surface area (Å²) in [7, 11) is 0. The SMILES string of the molecule is CC.CC.Cc1cc(C(=O)O)c(=O)n(-c2cccc(C(F)(F)F)c2)c1C. The van der Waals surface area contributed by atoms with Crippen LogP contribution in [0.1, 0.15) is 54.9 Å². The van der Waals surface area contributed by atoms with Crippen molar-refractivity contribution in [2.45, 2.75) is 47.7 Å². The van der Waals surface area contributed by atoms with Crippen LogP contribution < -0.4 is 5.56 Å². The molecule has 144 valence electrons. The van der Waals surface area contributed by atoms with E-state index in [0.29, 0.717) is 11.3 Å². The average molecular weight is 371 g/mol. The van der Waals surface area contributed by atoms with Crippen LogP contribution in [0.4, 0.5) is 13.2 Å². The fraction of sp³-hybridized carbons (Fsp3) is 0.368. The Kier molecular flexibility index (Phi) is 8.83. The number of aromatic nitrogens is 1. The van der Waals surface area contributed by atoms with E-state index >= 15 is 0 Å². The number of pyridine rings is 1. The molecule has 0 unspecified atom stereocenters. The van der Waals surface area contributed by atoms with Gasteiger partial charge in [0.05, 0.1) is 5.56 Å². The molecule has 0 aliphatic rings. The van der Waals surface area contributed by atoms with E-state index in [2.05, 4.69) is 0 Å². The summed E-state index contributed by atoms with van der Waals surface area (Å²) in [5, 5.41) is 9.04. The lowest BCUT2D eigenvalue weighted by Gasteiger charge is -2.15. The summed E-state index contributed by atoms with van der Waals surface area (Å²) in [4.78, 5) is 23.3. The molecule has 0 aliphatic heterocycles. The quantitative estimate of drug-likeness (QED) is 0.787.